The highest BCUT2D eigenvalue weighted by Gasteiger charge is 2.35. The normalized spacial score (nSPS) is 21.4. The van der Waals surface area contributed by atoms with Crippen LogP contribution in [0.4, 0.5) is 0 Å². The van der Waals surface area contributed by atoms with Crippen molar-refractivity contribution >= 4 is 5.97 Å². The Kier molecular flexibility index (Phi) is 5.52. The van der Waals surface area contributed by atoms with E-state index in [9.17, 15) is 9.90 Å². The number of hydroxylamine groups is 1. The molecular weight excluding hydrogens is 256 g/mol. The average Bonchev–Trinajstić information content (AvgIpc) is 2.49. The van der Waals surface area contributed by atoms with Crippen molar-refractivity contribution in [3.63, 3.8) is 0 Å². The molecule has 5 nitrogen and oxygen atoms in total. The maximum atomic E-state index is 12.3. The van der Waals surface area contributed by atoms with E-state index in [0.717, 1.165) is 31.4 Å². The molecule has 2 N–H and O–H groups in total. The molecule has 0 spiro atoms. The highest BCUT2D eigenvalue weighted by Crippen LogP contribution is 2.29. The maximum Gasteiger partial charge on any atom is 0.346 e. The zero-order valence-corrected chi connectivity index (χ0v) is 11.8. The van der Waals surface area contributed by atoms with Gasteiger partial charge in [-0.3, -0.25) is 4.90 Å². The first-order chi connectivity index (χ1) is 9.77. The summed E-state index contributed by atoms with van der Waals surface area (Å²) in [6.45, 7) is 0.861. The van der Waals surface area contributed by atoms with E-state index in [-0.39, 0.29) is 18.6 Å². The van der Waals surface area contributed by atoms with Crippen molar-refractivity contribution in [3.05, 3.63) is 35.9 Å². The van der Waals surface area contributed by atoms with Gasteiger partial charge < -0.3 is 9.94 Å². The second-order valence-electron chi connectivity index (χ2n) is 5.01. The Bertz CT molecular complexity index is 424. The number of rotatable bonds is 5. The summed E-state index contributed by atoms with van der Waals surface area (Å²) in [5.74, 6) is -0.334. The minimum atomic E-state index is -0.471. The number of aliphatic hydroxyl groups excluding tert-OH is 1. The molecule has 0 radical (unpaired) electrons. The third-order valence-electron chi connectivity index (χ3n) is 3.76. The van der Waals surface area contributed by atoms with Crippen LogP contribution in [0.5, 0.6) is 0 Å². The van der Waals surface area contributed by atoms with Gasteiger partial charge >= 0.3 is 5.97 Å². The Labute approximate surface area is 119 Å². The van der Waals surface area contributed by atoms with Crippen molar-refractivity contribution in [2.24, 2.45) is 0 Å². The van der Waals surface area contributed by atoms with E-state index in [4.69, 9.17) is 4.84 Å². The van der Waals surface area contributed by atoms with Crippen LogP contribution in [-0.2, 0) is 9.63 Å². The number of carbonyl (C=O) groups excluding carboxylic acids is 1. The second kappa shape index (κ2) is 7.38. The first-order valence-corrected chi connectivity index (χ1v) is 7.07. The van der Waals surface area contributed by atoms with Crippen molar-refractivity contribution in [2.75, 3.05) is 20.2 Å². The fourth-order valence-corrected chi connectivity index (χ4v) is 2.81. The van der Waals surface area contributed by atoms with Crippen LogP contribution in [0.3, 0.4) is 0 Å². The lowest BCUT2D eigenvalue weighted by Crippen LogP contribution is -2.47. The topological polar surface area (TPSA) is 61.8 Å². The first-order valence-electron chi connectivity index (χ1n) is 7.07. The van der Waals surface area contributed by atoms with Crippen molar-refractivity contribution in [3.8, 4) is 0 Å². The molecule has 1 saturated heterocycles. The van der Waals surface area contributed by atoms with E-state index in [1.165, 1.54) is 0 Å². The van der Waals surface area contributed by atoms with Crippen molar-refractivity contribution in [1.29, 1.82) is 0 Å². The number of hydrogen-bond donors (Lipinski definition) is 2. The number of piperidine rings is 1. The number of nitrogens with one attached hydrogen (secondary N) is 1. The lowest BCUT2D eigenvalue weighted by Gasteiger charge is -2.39. The molecule has 0 aliphatic carbocycles. The lowest BCUT2D eigenvalue weighted by molar-refractivity contribution is -0.159. The fraction of sp³-hybridized carbons (Fsp3) is 0.533. The smallest absolute Gasteiger partial charge is 0.346 e. The van der Waals surface area contributed by atoms with E-state index in [1.54, 1.807) is 7.05 Å². The molecule has 1 aromatic carbocycles. The molecule has 1 aromatic rings. The van der Waals surface area contributed by atoms with Gasteiger partial charge in [0.05, 0.1) is 6.61 Å². The standard InChI is InChI=1S/C15H22N2O3/c1-16-20-15(19)14(12-7-3-2-4-8-12)17-10-6-5-9-13(17)11-18/h2-4,7-8,13-14,16,18H,5-6,9-11H2,1H3. The maximum absolute atomic E-state index is 12.3. The number of likely N-dealkylation sites (tertiary alicyclic amines) is 1. The number of nitrogens with zero attached hydrogens (tertiary/aromatic N) is 1. The third-order valence-corrected chi connectivity index (χ3v) is 3.76. The molecule has 20 heavy (non-hydrogen) atoms. The predicted molar refractivity (Wildman–Crippen MR) is 75.8 cm³/mol. The van der Waals surface area contributed by atoms with Gasteiger partial charge in [0.2, 0.25) is 0 Å². The highest BCUT2D eigenvalue weighted by atomic mass is 16.7. The van der Waals surface area contributed by atoms with Crippen LogP contribution in [0.15, 0.2) is 30.3 Å². The Balaban J connectivity index is 2.28. The highest BCUT2D eigenvalue weighted by molar-refractivity contribution is 5.77. The van der Waals surface area contributed by atoms with Crippen molar-refractivity contribution in [2.45, 2.75) is 31.3 Å². The minimum absolute atomic E-state index is 0.0124. The Morgan fingerprint density at radius 2 is 2.20 bits per heavy atom. The van der Waals surface area contributed by atoms with Gasteiger partial charge in [0.15, 0.2) is 0 Å². The second-order valence-corrected chi connectivity index (χ2v) is 5.01. The number of carbonyl (C=O) groups is 1. The molecule has 1 aliphatic heterocycles. The molecule has 2 rings (SSSR count). The van der Waals surface area contributed by atoms with Gasteiger partial charge in [0.1, 0.15) is 6.04 Å². The Morgan fingerprint density at radius 3 is 2.85 bits per heavy atom. The van der Waals surface area contributed by atoms with Crippen molar-refractivity contribution < 1.29 is 14.7 Å². The average molecular weight is 278 g/mol. The Hall–Kier alpha value is -1.43. The van der Waals surface area contributed by atoms with Gasteiger partial charge in [0, 0.05) is 13.1 Å². The van der Waals surface area contributed by atoms with Crippen LogP contribution in [0.2, 0.25) is 0 Å². The predicted octanol–water partition coefficient (Wildman–Crippen LogP) is 1.25. The zero-order valence-electron chi connectivity index (χ0n) is 11.8. The summed E-state index contributed by atoms with van der Waals surface area (Å²) >= 11 is 0. The van der Waals surface area contributed by atoms with Gasteiger partial charge in [0.25, 0.3) is 0 Å². The summed E-state index contributed by atoms with van der Waals surface area (Å²) in [5, 5.41) is 9.56. The molecular formula is C15H22N2O3. The summed E-state index contributed by atoms with van der Waals surface area (Å²) in [6.07, 6.45) is 3.03. The van der Waals surface area contributed by atoms with Crippen LogP contribution in [0.25, 0.3) is 0 Å². The summed E-state index contributed by atoms with van der Waals surface area (Å²) in [7, 11) is 1.57. The number of aliphatic hydroxyl groups is 1. The van der Waals surface area contributed by atoms with Gasteiger partial charge in [-0.25, -0.2) is 4.79 Å². The molecule has 1 fully saturated rings. The molecule has 1 aliphatic rings. The molecule has 0 aromatic heterocycles. The van der Waals surface area contributed by atoms with Gasteiger partial charge in [-0.2, -0.15) is 5.48 Å². The number of hydrogen-bond acceptors (Lipinski definition) is 5. The van der Waals surface area contributed by atoms with E-state index >= 15 is 0 Å². The van der Waals surface area contributed by atoms with E-state index in [0.29, 0.717) is 0 Å². The minimum Gasteiger partial charge on any atom is -0.395 e. The van der Waals surface area contributed by atoms with Gasteiger partial charge in [-0.05, 0) is 24.9 Å². The van der Waals surface area contributed by atoms with Crippen LogP contribution < -0.4 is 5.48 Å². The molecule has 5 heteroatoms. The molecule has 110 valence electrons. The van der Waals surface area contributed by atoms with E-state index < -0.39 is 6.04 Å². The van der Waals surface area contributed by atoms with Crippen LogP contribution in [0, 0.1) is 0 Å². The first kappa shape index (κ1) is 15.0. The van der Waals surface area contributed by atoms with Crippen LogP contribution in [-0.4, -0.2) is 42.2 Å². The van der Waals surface area contributed by atoms with Gasteiger partial charge in [-0.1, -0.05) is 36.8 Å². The fourth-order valence-electron chi connectivity index (χ4n) is 2.81. The largest absolute Gasteiger partial charge is 0.395 e. The Morgan fingerprint density at radius 1 is 1.45 bits per heavy atom. The molecule has 0 saturated carbocycles. The zero-order chi connectivity index (χ0) is 14.4. The molecule has 2 unspecified atom stereocenters. The van der Waals surface area contributed by atoms with Crippen molar-refractivity contribution in [1.82, 2.24) is 10.4 Å². The quantitative estimate of drug-likeness (QED) is 0.794. The summed E-state index contributed by atoms with van der Waals surface area (Å²) in [5.41, 5.74) is 3.35. The monoisotopic (exact) mass is 278 g/mol. The van der Waals surface area contributed by atoms with Crippen LogP contribution >= 0.6 is 0 Å². The van der Waals surface area contributed by atoms with E-state index in [1.807, 2.05) is 30.3 Å². The lowest BCUT2D eigenvalue weighted by atomic mass is 9.96. The molecule has 0 amide bonds. The summed E-state index contributed by atoms with van der Waals surface area (Å²) < 4.78 is 0. The van der Waals surface area contributed by atoms with Crippen LogP contribution in [0.1, 0.15) is 30.9 Å². The summed E-state index contributed by atoms with van der Waals surface area (Å²) in [6, 6.07) is 9.12. The SMILES string of the molecule is CNOC(=O)C(c1ccccc1)N1CCCCC1CO. The molecule has 0 bridgehead atoms. The molecule has 2 atom stereocenters. The van der Waals surface area contributed by atoms with Gasteiger partial charge in [-0.15, -0.1) is 0 Å². The number of benzene rings is 1. The molecule has 1 heterocycles. The summed E-state index contributed by atoms with van der Waals surface area (Å²) in [4.78, 5) is 19.3. The third kappa shape index (κ3) is 3.36. The van der Waals surface area contributed by atoms with E-state index in [2.05, 4.69) is 10.4 Å².